The van der Waals surface area contributed by atoms with E-state index in [4.69, 9.17) is 14.2 Å². The second-order valence-electron chi connectivity index (χ2n) is 5.39. The van der Waals surface area contributed by atoms with Gasteiger partial charge in [0, 0.05) is 5.56 Å². The summed E-state index contributed by atoms with van der Waals surface area (Å²) in [5.41, 5.74) is 3.45. The fourth-order valence-electron chi connectivity index (χ4n) is 2.35. The van der Waals surface area contributed by atoms with Crippen molar-refractivity contribution in [2.24, 2.45) is 5.10 Å². The number of carbonyl (C=O) groups excluding carboxylic acids is 1. The fraction of sp³-hybridized carbons (Fsp3) is 0.300. The standard InChI is InChI=1S/C20H24N2O5/c1-4-25-17-11-15(12-18(26-5-2)19(17)27-6-3)20(24)22-21-13-14-8-7-9-16(23)10-14/h7-13,23H,4-6H2,1-3H3,(H,22,24). The Balaban J connectivity index is 2.23. The van der Waals surface area contributed by atoms with Crippen LogP contribution in [0, 0.1) is 0 Å². The first kappa shape index (κ1) is 20.1. The van der Waals surface area contributed by atoms with E-state index in [2.05, 4.69) is 10.5 Å². The molecule has 0 atom stereocenters. The van der Waals surface area contributed by atoms with Crippen molar-refractivity contribution in [2.45, 2.75) is 20.8 Å². The first-order chi connectivity index (χ1) is 13.1. The van der Waals surface area contributed by atoms with E-state index in [1.165, 1.54) is 12.3 Å². The molecule has 0 aliphatic heterocycles. The second kappa shape index (κ2) is 10.1. The smallest absolute Gasteiger partial charge is 0.271 e. The molecule has 0 heterocycles. The summed E-state index contributed by atoms with van der Waals surface area (Å²) < 4.78 is 16.8. The summed E-state index contributed by atoms with van der Waals surface area (Å²) in [5.74, 6) is 1.05. The Morgan fingerprint density at radius 3 is 2.22 bits per heavy atom. The number of phenols is 1. The minimum atomic E-state index is -0.420. The first-order valence-corrected chi connectivity index (χ1v) is 8.77. The number of carbonyl (C=O) groups is 1. The van der Waals surface area contributed by atoms with Crippen LogP contribution < -0.4 is 19.6 Å². The zero-order valence-corrected chi connectivity index (χ0v) is 15.7. The molecule has 0 unspecified atom stereocenters. The highest BCUT2D eigenvalue weighted by Crippen LogP contribution is 2.39. The molecular weight excluding hydrogens is 348 g/mol. The van der Waals surface area contributed by atoms with Gasteiger partial charge in [0.1, 0.15) is 5.75 Å². The van der Waals surface area contributed by atoms with Crippen molar-refractivity contribution in [1.82, 2.24) is 5.43 Å². The third kappa shape index (κ3) is 5.64. The van der Waals surface area contributed by atoms with Gasteiger partial charge >= 0.3 is 0 Å². The molecule has 27 heavy (non-hydrogen) atoms. The minimum absolute atomic E-state index is 0.125. The van der Waals surface area contributed by atoms with Gasteiger partial charge in [-0.3, -0.25) is 4.79 Å². The molecule has 0 fully saturated rings. The number of benzene rings is 2. The number of nitrogens with zero attached hydrogens (tertiary/aromatic N) is 1. The molecule has 0 aromatic heterocycles. The van der Waals surface area contributed by atoms with Crippen LogP contribution in [0.15, 0.2) is 41.5 Å². The molecule has 0 saturated carbocycles. The van der Waals surface area contributed by atoms with Gasteiger partial charge in [-0.15, -0.1) is 0 Å². The average molecular weight is 372 g/mol. The van der Waals surface area contributed by atoms with Gasteiger partial charge in [-0.05, 0) is 50.6 Å². The SMILES string of the molecule is CCOc1cc(C(=O)NN=Cc2cccc(O)c2)cc(OCC)c1OCC. The molecular formula is C20H24N2O5. The monoisotopic (exact) mass is 372 g/mol. The number of nitrogens with one attached hydrogen (secondary N) is 1. The molecule has 0 radical (unpaired) electrons. The normalized spacial score (nSPS) is 10.6. The van der Waals surface area contributed by atoms with Gasteiger partial charge in [-0.1, -0.05) is 12.1 Å². The molecule has 0 aliphatic carbocycles. The van der Waals surface area contributed by atoms with Gasteiger partial charge in [0.2, 0.25) is 5.75 Å². The Kier molecular flexibility index (Phi) is 7.49. The fourth-order valence-corrected chi connectivity index (χ4v) is 2.35. The van der Waals surface area contributed by atoms with E-state index in [9.17, 15) is 9.90 Å². The quantitative estimate of drug-likeness (QED) is 0.520. The van der Waals surface area contributed by atoms with E-state index in [0.29, 0.717) is 48.2 Å². The largest absolute Gasteiger partial charge is 0.508 e. The van der Waals surface area contributed by atoms with Crippen LogP contribution in [0.5, 0.6) is 23.0 Å². The Morgan fingerprint density at radius 2 is 1.67 bits per heavy atom. The van der Waals surface area contributed by atoms with Crippen LogP contribution in [0.1, 0.15) is 36.7 Å². The van der Waals surface area contributed by atoms with Crippen LogP contribution in [0.3, 0.4) is 0 Å². The molecule has 0 aliphatic rings. The molecule has 2 N–H and O–H groups in total. The van der Waals surface area contributed by atoms with Crippen LogP contribution in [-0.4, -0.2) is 37.0 Å². The Hall–Kier alpha value is -3.22. The predicted octanol–water partition coefficient (Wildman–Crippen LogP) is 3.35. The highest BCUT2D eigenvalue weighted by atomic mass is 16.5. The van der Waals surface area contributed by atoms with Gasteiger partial charge in [-0.25, -0.2) is 5.43 Å². The summed E-state index contributed by atoms with van der Waals surface area (Å²) in [7, 11) is 0. The van der Waals surface area contributed by atoms with E-state index in [0.717, 1.165) is 0 Å². The highest BCUT2D eigenvalue weighted by molar-refractivity contribution is 5.96. The summed E-state index contributed by atoms with van der Waals surface area (Å²) in [5, 5.41) is 13.4. The van der Waals surface area contributed by atoms with Gasteiger partial charge in [-0.2, -0.15) is 5.10 Å². The maximum absolute atomic E-state index is 12.5. The van der Waals surface area contributed by atoms with Gasteiger partial charge in [0.05, 0.1) is 26.0 Å². The van der Waals surface area contributed by atoms with Crippen molar-refractivity contribution in [3.63, 3.8) is 0 Å². The number of phenolic OH excluding ortho intramolecular Hbond substituents is 1. The zero-order valence-electron chi connectivity index (χ0n) is 15.7. The summed E-state index contributed by atoms with van der Waals surface area (Å²) >= 11 is 0. The molecule has 7 heteroatoms. The lowest BCUT2D eigenvalue weighted by atomic mass is 10.1. The summed E-state index contributed by atoms with van der Waals surface area (Å²) in [6, 6.07) is 9.72. The van der Waals surface area contributed by atoms with Crippen LogP contribution in [0.2, 0.25) is 0 Å². The van der Waals surface area contributed by atoms with Crippen molar-refractivity contribution >= 4 is 12.1 Å². The molecule has 0 spiro atoms. The van der Waals surface area contributed by atoms with Gasteiger partial charge < -0.3 is 19.3 Å². The Bertz CT molecular complexity index is 778. The molecule has 7 nitrogen and oxygen atoms in total. The van der Waals surface area contributed by atoms with Crippen LogP contribution in [0.4, 0.5) is 0 Å². The van der Waals surface area contributed by atoms with E-state index >= 15 is 0 Å². The second-order valence-corrected chi connectivity index (χ2v) is 5.39. The van der Waals surface area contributed by atoms with Crippen LogP contribution in [0.25, 0.3) is 0 Å². The predicted molar refractivity (Wildman–Crippen MR) is 103 cm³/mol. The molecule has 144 valence electrons. The van der Waals surface area contributed by atoms with Gasteiger partial charge in [0.25, 0.3) is 5.91 Å². The highest BCUT2D eigenvalue weighted by Gasteiger charge is 2.18. The number of hydrogen-bond donors (Lipinski definition) is 2. The summed E-state index contributed by atoms with van der Waals surface area (Å²) in [4.78, 5) is 12.5. The van der Waals surface area contributed by atoms with E-state index in [-0.39, 0.29) is 5.75 Å². The van der Waals surface area contributed by atoms with Gasteiger partial charge in [0.15, 0.2) is 11.5 Å². The average Bonchev–Trinajstić information content (AvgIpc) is 2.64. The van der Waals surface area contributed by atoms with E-state index < -0.39 is 5.91 Å². The Morgan fingerprint density at radius 1 is 1.04 bits per heavy atom. The van der Waals surface area contributed by atoms with Crippen molar-refractivity contribution in [1.29, 1.82) is 0 Å². The zero-order chi connectivity index (χ0) is 19.6. The number of amides is 1. The topological polar surface area (TPSA) is 89.4 Å². The first-order valence-electron chi connectivity index (χ1n) is 8.77. The number of hydrazone groups is 1. The Labute approximate surface area is 158 Å². The maximum atomic E-state index is 12.5. The van der Waals surface area contributed by atoms with E-state index in [1.807, 2.05) is 20.8 Å². The van der Waals surface area contributed by atoms with E-state index in [1.54, 1.807) is 30.3 Å². The number of aromatic hydroxyl groups is 1. The van der Waals surface area contributed by atoms with Crippen LogP contribution >= 0.6 is 0 Å². The maximum Gasteiger partial charge on any atom is 0.271 e. The molecule has 0 bridgehead atoms. The molecule has 2 aromatic carbocycles. The third-order valence-corrected chi connectivity index (χ3v) is 3.42. The molecule has 2 rings (SSSR count). The van der Waals surface area contributed by atoms with Crippen molar-refractivity contribution in [3.8, 4) is 23.0 Å². The lowest BCUT2D eigenvalue weighted by Gasteiger charge is -2.16. The molecule has 0 saturated heterocycles. The lowest BCUT2D eigenvalue weighted by Crippen LogP contribution is -2.18. The summed E-state index contributed by atoms with van der Waals surface area (Å²) in [6.45, 7) is 6.85. The lowest BCUT2D eigenvalue weighted by molar-refractivity contribution is 0.0954. The number of ether oxygens (including phenoxy) is 3. The van der Waals surface area contributed by atoms with Crippen LogP contribution in [-0.2, 0) is 0 Å². The number of rotatable bonds is 9. The minimum Gasteiger partial charge on any atom is -0.508 e. The van der Waals surface area contributed by atoms with Crippen molar-refractivity contribution in [2.75, 3.05) is 19.8 Å². The molecule has 1 amide bonds. The van der Waals surface area contributed by atoms with Crippen molar-refractivity contribution in [3.05, 3.63) is 47.5 Å². The molecule has 2 aromatic rings. The summed E-state index contributed by atoms with van der Waals surface area (Å²) in [6.07, 6.45) is 1.44. The third-order valence-electron chi connectivity index (χ3n) is 3.42. The number of hydrogen-bond acceptors (Lipinski definition) is 6. The van der Waals surface area contributed by atoms with Crippen molar-refractivity contribution < 1.29 is 24.1 Å².